The summed E-state index contributed by atoms with van der Waals surface area (Å²) in [7, 11) is 0. The third kappa shape index (κ3) is 2.82. The molecule has 0 saturated heterocycles. The molecule has 1 rings (SSSR count). The van der Waals surface area contributed by atoms with Crippen LogP contribution in [-0.4, -0.2) is 17.0 Å². The summed E-state index contributed by atoms with van der Waals surface area (Å²) in [6.45, 7) is 0. The molecule has 0 saturated carbocycles. The van der Waals surface area contributed by atoms with Crippen LogP contribution in [0.15, 0.2) is 18.2 Å². The van der Waals surface area contributed by atoms with Crippen molar-refractivity contribution < 1.29 is 9.72 Å². The van der Waals surface area contributed by atoms with Gasteiger partial charge in [-0.2, -0.15) is 12.6 Å². The van der Waals surface area contributed by atoms with E-state index in [-0.39, 0.29) is 11.3 Å². The highest BCUT2D eigenvalue weighted by molar-refractivity contribution is 7.80. The Morgan fingerprint density at radius 3 is 2.80 bits per heavy atom. The number of hydrogen-bond donors (Lipinski definition) is 1. The van der Waals surface area contributed by atoms with Gasteiger partial charge in [0.1, 0.15) is 0 Å². The Morgan fingerprint density at radius 1 is 1.53 bits per heavy atom. The standard InChI is InChI=1S/C10H7NO3S/c12-7-9-6-10(11(13)14)4-3-8(9)2-1-5-15/h3-4,6-7,15H,5H2. The molecule has 1 aromatic carbocycles. The second-order valence-electron chi connectivity index (χ2n) is 2.61. The maximum absolute atomic E-state index is 10.7. The van der Waals surface area contributed by atoms with E-state index in [2.05, 4.69) is 24.5 Å². The SMILES string of the molecule is O=Cc1cc([N+](=O)[O-])ccc1C#CCS. The normalized spacial score (nSPS) is 8.87. The third-order valence-electron chi connectivity index (χ3n) is 1.68. The van der Waals surface area contributed by atoms with Crippen LogP contribution in [0.2, 0.25) is 0 Å². The van der Waals surface area contributed by atoms with Gasteiger partial charge in [0.15, 0.2) is 6.29 Å². The molecule has 0 unspecified atom stereocenters. The van der Waals surface area contributed by atoms with E-state index in [0.717, 1.165) is 0 Å². The first-order chi connectivity index (χ1) is 7.19. The molecule has 0 spiro atoms. The molecule has 0 heterocycles. The number of rotatable bonds is 2. The Balaban J connectivity index is 3.20. The van der Waals surface area contributed by atoms with Crippen LogP contribution < -0.4 is 0 Å². The summed E-state index contributed by atoms with van der Waals surface area (Å²) >= 11 is 3.90. The van der Waals surface area contributed by atoms with Gasteiger partial charge in [0, 0.05) is 23.3 Å². The molecule has 0 aromatic heterocycles. The molecule has 0 N–H and O–H groups in total. The first-order valence-electron chi connectivity index (χ1n) is 4.02. The Hall–Kier alpha value is -1.80. The van der Waals surface area contributed by atoms with E-state index in [0.29, 0.717) is 17.6 Å². The molecule has 0 aliphatic carbocycles. The molecule has 0 aliphatic rings. The number of carbonyl (C=O) groups excluding carboxylic acids is 1. The van der Waals surface area contributed by atoms with E-state index in [1.807, 2.05) is 0 Å². The fourth-order valence-electron chi connectivity index (χ4n) is 1.01. The van der Waals surface area contributed by atoms with Gasteiger partial charge in [0.05, 0.1) is 10.7 Å². The highest BCUT2D eigenvalue weighted by Crippen LogP contribution is 2.15. The smallest absolute Gasteiger partial charge is 0.270 e. The number of aldehydes is 1. The van der Waals surface area contributed by atoms with Gasteiger partial charge in [-0.15, -0.1) is 0 Å². The molecule has 0 radical (unpaired) electrons. The average molecular weight is 221 g/mol. The largest absolute Gasteiger partial charge is 0.298 e. The summed E-state index contributed by atoms with van der Waals surface area (Å²) in [5.41, 5.74) is 0.580. The molecular formula is C10H7NO3S. The maximum atomic E-state index is 10.7. The van der Waals surface area contributed by atoms with Crippen molar-refractivity contribution in [1.29, 1.82) is 0 Å². The van der Waals surface area contributed by atoms with Crippen molar-refractivity contribution in [3.8, 4) is 11.8 Å². The first kappa shape index (κ1) is 11.3. The number of benzene rings is 1. The van der Waals surface area contributed by atoms with Gasteiger partial charge in [-0.05, 0) is 6.07 Å². The highest BCUT2D eigenvalue weighted by Gasteiger charge is 2.08. The summed E-state index contributed by atoms with van der Waals surface area (Å²) in [4.78, 5) is 20.5. The van der Waals surface area contributed by atoms with Crippen molar-refractivity contribution in [3.63, 3.8) is 0 Å². The Morgan fingerprint density at radius 2 is 2.27 bits per heavy atom. The fraction of sp³-hybridized carbons (Fsp3) is 0.100. The van der Waals surface area contributed by atoms with Crippen LogP contribution in [-0.2, 0) is 0 Å². The molecule has 4 nitrogen and oxygen atoms in total. The Labute approximate surface area is 91.9 Å². The zero-order valence-electron chi connectivity index (χ0n) is 7.64. The van der Waals surface area contributed by atoms with Gasteiger partial charge in [0.25, 0.3) is 5.69 Å². The third-order valence-corrected chi connectivity index (χ3v) is 1.83. The van der Waals surface area contributed by atoms with Crippen molar-refractivity contribution in [2.45, 2.75) is 0 Å². The first-order valence-corrected chi connectivity index (χ1v) is 4.65. The zero-order valence-corrected chi connectivity index (χ0v) is 8.53. The van der Waals surface area contributed by atoms with Crippen molar-refractivity contribution in [2.75, 3.05) is 5.75 Å². The molecule has 1 aromatic rings. The zero-order chi connectivity index (χ0) is 11.3. The molecule has 0 atom stereocenters. The summed E-state index contributed by atoms with van der Waals surface area (Å²) in [5.74, 6) is 5.74. The number of nitro benzene ring substituents is 1. The predicted molar refractivity (Wildman–Crippen MR) is 59.2 cm³/mol. The van der Waals surface area contributed by atoms with Gasteiger partial charge < -0.3 is 0 Å². The number of thiol groups is 1. The topological polar surface area (TPSA) is 60.2 Å². The molecule has 76 valence electrons. The minimum atomic E-state index is -0.553. The van der Waals surface area contributed by atoms with Gasteiger partial charge in [-0.1, -0.05) is 11.8 Å². The number of non-ortho nitro benzene ring substituents is 1. The van der Waals surface area contributed by atoms with Crippen LogP contribution in [0.5, 0.6) is 0 Å². The number of carbonyl (C=O) groups is 1. The summed E-state index contributed by atoms with van der Waals surface area (Å²) < 4.78 is 0. The van der Waals surface area contributed by atoms with Crippen LogP contribution in [0.3, 0.4) is 0 Å². The van der Waals surface area contributed by atoms with Crippen LogP contribution in [0.25, 0.3) is 0 Å². The van der Waals surface area contributed by atoms with Gasteiger partial charge >= 0.3 is 0 Å². The van der Waals surface area contributed by atoms with Crippen LogP contribution in [0.1, 0.15) is 15.9 Å². The van der Waals surface area contributed by atoms with Gasteiger partial charge in [-0.3, -0.25) is 14.9 Å². The summed E-state index contributed by atoms with van der Waals surface area (Å²) in [6, 6.07) is 3.98. The number of nitrogens with zero attached hydrogens (tertiary/aromatic N) is 1. The minimum absolute atomic E-state index is 0.117. The summed E-state index contributed by atoms with van der Waals surface area (Å²) in [6.07, 6.45) is 0.551. The second-order valence-corrected chi connectivity index (χ2v) is 2.92. The van der Waals surface area contributed by atoms with Crippen LogP contribution in [0, 0.1) is 22.0 Å². The van der Waals surface area contributed by atoms with E-state index in [9.17, 15) is 14.9 Å². The maximum Gasteiger partial charge on any atom is 0.270 e. The lowest BCUT2D eigenvalue weighted by molar-refractivity contribution is -0.384. The predicted octanol–water partition coefficient (Wildman–Crippen LogP) is 1.69. The molecule has 15 heavy (non-hydrogen) atoms. The molecular weight excluding hydrogens is 214 g/mol. The monoisotopic (exact) mass is 221 g/mol. The lowest BCUT2D eigenvalue weighted by Crippen LogP contribution is -1.93. The fourth-order valence-corrected chi connectivity index (χ4v) is 1.09. The van der Waals surface area contributed by atoms with E-state index >= 15 is 0 Å². The van der Waals surface area contributed by atoms with Gasteiger partial charge in [0.2, 0.25) is 0 Å². The minimum Gasteiger partial charge on any atom is -0.298 e. The van der Waals surface area contributed by atoms with Crippen molar-refractivity contribution in [2.24, 2.45) is 0 Å². The van der Waals surface area contributed by atoms with E-state index < -0.39 is 4.92 Å². The van der Waals surface area contributed by atoms with Gasteiger partial charge in [-0.25, -0.2) is 0 Å². The van der Waals surface area contributed by atoms with Crippen molar-refractivity contribution in [1.82, 2.24) is 0 Å². The molecule has 0 aliphatic heterocycles. The lowest BCUT2D eigenvalue weighted by Gasteiger charge is -1.96. The average Bonchev–Trinajstić information content (AvgIpc) is 2.25. The number of nitro groups is 1. The Kier molecular flexibility index (Phi) is 3.89. The quantitative estimate of drug-likeness (QED) is 0.272. The van der Waals surface area contributed by atoms with E-state index in [1.165, 1.54) is 18.2 Å². The van der Waals surface area contributed by atoms with Crippen molar-refractivity contribution >= 4 is 24.6 Å². The van der Waals surface area contributed by atoms with Crippen molar-refractivity contribution in [3.05, 3.63) is 39.4 Å². The molecule has 0 fully saturated rings. The van der Waals surface area contributed by atoms with Crippen LogP contribution in [0.4, 0.5) is 5.69 Å². The second kappa shape index (κ2) is 5.17. The molecule has 0 bridgehead atoms. The lowest BCUT2D eigenvalue weighted by atomic mass is 10.1. The summed E-state index contributed by atoms with van der Waals surface area (Å²) in [5, 5.41) is 10.4. The molecule has 5 heteroatoms. The molecule has 0 amide bonds. The highest BCUT2D eigenvalue weighted by atomic mass is 32.1. The van der Waals surface area contributed by atoms with E-state index in [4.69, 9.17) is 0 Å². The van der Waals surface area contributed by atoms with Crippen LogP contribution >= 0.6 is 12.6 Å². The Bertz CT molecular complexity index is 459. The van der Waals surface area contributed by atoms with E-state index in [1.54, 1.807) is 0 Å². The number of hydrogen-bond acceptors (Lipinski definition) is 4.